The second-order valence-electron chi connectivity index (χ2n) is 10.7. The van der Waals surface area contributed by atoms with Gasteiger partial charge in [-0.05, 0) is 80.0 Å². The highest BCUT2D eigenvalue weighted by atomic mass is 16.5. The molecule has 0 aromatic heterocycles. The minimum absolute atomic E-state index is 0.0532. The number of ketones is 1. The number of likely N-dealkylation sites (tertiary alicyclic amines) is 1. The van der Waals surface area contributed by atoms with Crippen molar-refractivity contribution in [2.24, 2.45) is 0 Å². The van der Waals surface area contributed by atoms with Crippen LogP contribution in [0.3, 0.4) is 0 Å². The summed E-state index contributed by atoms with van der Waals surface area (Å²) in [5.74, 6) is -0.0205. The molecule has 2 aliphatic rings. The Morgan fingerprint density at radius 3 is 2.56 bits per heavy atom. The summed E-state index contributed by atoms with van der Waals surface area (Å²) in [4.78, 5) is 30.9. The van der Waals surface area contributed by atoms with Gasteiger partial charge in [0, 0.05) is 18.5 Å². The Balaban J connectivity index is 1.50. The van der Waals surface area contributed by atoms with Crippen molar-refractivity contribution in [3.05, 3.63) is 101 Å². The molecular weight excluding hydrogens is 516 g/mol. The molecule has 7 nitrogen and oxygen atoms in total. The molecule has 5 rings (SSSR count). The number of fused-ring (bicyclic) bond motifs is 1. The highest BCUT2D eigenvalue weighted by molar-refractivity contribution is 6.46. The van der Waals surface area contributed by atoms with E-state index in [1.54, 1.807) is 11.0 Å². The van der Waals surface area contributed by atoms with Crippen LogP contribution in [-0.4, -0.2) is 58.9 Å². The zero-order chi connectivity index (χ0) is 28.9. The number of carbonyl (C=O) groups is 2. The molecule has 2 unspecified atom stereocenters. The quantitative estimate of drug-likeness (QED) is 0.185. The molecule has 0 aliphatic carbocycles. The third-order valence-electron chi connectivity index (χ3n) is 7.90. The fraction of sp³-hybridized carbons (Fsp3) is 0.353. The first kappa shape index (κ1) is 28.4. The van der Waals surface area contributed by atoms with E-state index in [4.69, 9.17) is 9.47 Å². The van der Waals surface area contributed by atoms with Crippen LogP contribution in [0.25, 0.3) is 5.76 Å². The van der Waals surface area contributed by atoms with Gasteiger partial charge in [0.1, 0.15) is 30.0 Å². The number of Topliss-reactive ketones (excluding diaryl/α,β-unsaturated/α-hetero) is 1. The summed E-state index contributed by atoms with van der Waals surface area (Å²) in [6, 6.07) is 22.1. The van der Waals surface area contributed by atoms with E-state index < -0.39 is 17.7 Å². The van der Waals surface area contributed by atoms with Gasteiger partial charge in [-0.2, -0.15) is 0 Å². The van der Waals surface area contributed by atoms with Crippen molar-refractivity contribution >= 4 is 17.4 Å². The maximum atomic E-state index is 13.5. The van der Waals surface area contributed by atoms with Crippen molar-refractivity contribution in [2.75, 3.05) is 26.2 Å². The summed E-state index contributed by atoms with van der Waals surface area (Å²) in [5, 5.41) is 11.6. The fourth-order valence-electron chi connectivity index (χ4n) is 5.70. The molecule has 0 radical (unpaired) electrons. The number of benzene rings is 3. The molecule has 1 saturated heterocycles. The Hall–Kier alpha value is -4.10. The number of aliphatic hydroxyl groups excluding tert-OH is 1. The fourth-order valence-corrected chi connectivity index (χ4v) is 5.70. The Morgan fingerprint density at radius 1 is 1.02 bits per heavy atom. The van der Waals surface area contributed by atoms with E-state index >= 15 is 0 Å². The van der Waals surface area contributed by atoms with Gasteiger partial charge in [0.2, 0.25) is 0 Å². The summed E-state index contributed by atoms with van der Waals surface area (Å²) in [7, 11) is 0. The first-order valence-corrected chi connectivity index (χ1v) is 14.5. The Labute approximate surface area is 242 Å². The lowest BCUT2D eigenvalue weighted by Crippen LogP contribution is -2.33. The highest BCUT2D eigenvalue weighted by Gasteiger charge is 2.46. The van der Waals surface area contributed by atoms with E-state index in [9.17, 15) is 14.7 Å². The standard InChI is InChI=1S/C34H38N2O5/c1-4-35(5-2)17-10-18-36-31(25-13-9-14-28(21-25)40-22-24-11-7-6-8-12-24)30(33(38)34(36)39)32(37)26-15-16-29-27(20-26)19-23(3)41-29/h6-9,11-16,20-21,23,31,37H,4-5,10,17-19,22H2,1-3H3/b32-30+. The van der Waals surface area contributed by atoms with Crippen LogP contribution in [0.5, 0.6) is 11.5 Å². The number of hydrogen-bond acceptors (Lipinski definition) is 6. The molecule has 2 heterocycles. The second-order valence-corrected chi connectivity index (χ2v) is 10.7. The Morgan fingerprint density at radius 2 is 1.80 bits per heavy atom. The average molecular weight is 555 g/mol. The predicted octanol–water partition coefficient (Wildman–Crippen LogP) is 5.74. The largest absolute Gasteiger partial charge is 0.507 e. The first-order valence-electron chi connectivity index (χ1n) is 14.5. The smallest absolute Gasteiger partial charge is 0.295 e. The van der Waals surface area contributed by atoms with Gasteiger partial charge in [0.25, 0.3) is 11.7 Å². The van der Waals surface area contributed by atoms with Crippen LogP contribution >= 0.6 is 0 Å². The number of rotatable bonds is 11. The zero-order valence-corrected chi connectivity index (χ0v) is 24.0. The first-order chi connectivity index (χ1) is 19.9. The minimum Gasteiger partial charge on any atom is -0.507 e. The average Bonchev–Trinajstić information content (AvgIpc) is 3.49. The van der Waals surface area contributed by atoms with Gasteiger partial charge in [-0.15, -0.1) is 0 Å². The monoisotopic (exact) mass is 554 g/mol. The van der Waals surface area contributed by atoms with Crippen LogP contribution in [0.4, 0.5) is 0 Å². The number of hydrogen-bond donors (Lipinski definition) is 1. The molecule has 1 fully saturated rings. The molecule has 3 aromatic carbocycles. The van der Waals surface area contributed by atoms with E-state index in [-0.39, 0.29) is 17.4 Å². The third-order valence-corrected chi connectivity index (χ3v) is 7.90. The molecule has 7 heteroatoms. The van der Waals surface area contributed by atoms with Crippen molar-refractivity contribution in [3.63, 3.8) is 0 Å². The molecule has 41 heavy (non-hydrogen) atoms. The summed E-state index contributed by atoms with van der Waals surface area (Å²) < 4.78 is 11.9. The number of carbonyl (C=O) groups excluding carboxylic acids is 2. The normalized spacial score (nSPS) is 19.5. The van der Waals surface area contributed by atoms with Gasteiger partial charge in [-0.25, -0.2) is 0 Å². The van der Waals surface area contributed by atoms with Crippen molar-refractivity contribution in [1.29, 1.82) is 0 Å². The maximum Gasteiger partial charge on any atom is 0.295 e. The number of nitrogens with zero attached hydrogens (tertiary/aromatic N) is 2. The van der Waals surface area contributed by atoms with Crippen molar-refractivity contribution < 1.29 is 24.2 Å². The summed E-state index contributed by atoms with van der Waals surface area (Å²) in [6.07, 6.45) is 1.49. The summed E-state index contributed by atoms with van der Waals surface area (Å²) in [6.45, 7) is 9.65. The van der Waals surface area contributed by atoms with Crippen molar-refractivity contribution in [1.82, 2.24) is 9.80 Å². The zero-order valence-electron chi connectivity index (χ0n) is 24.0. The van der Waals surface area contributed by atoms with Crippen molar-refractivity contribution in [3.8, 4) is 11.5 Å². The van der Waals surface area contributed by atoms with E-state index in [0.29, 0.717) is 30.9 Å². The van der Waals surface area contributed by atoms with Gasteiger partial charge < -0.3 is 24.4 Å². The topological polar surface area (TPSA) is 79.3 Å². The summed E-state index contributed by atoms with van der Waals surface area (Å²) >= 11 is 0. The summed E-state index contributed by atoms with van der Waals surface area (Å²) in [5.41, 5.74) is 3.34. The molecule has 1 amide bonds. The van der Waals surface area contributed by atoms with Crippen LogP contribution < -0.4 is 9.47 Å². The second kappa shape index (κ2) is 12.6. The molecule has 3 aromatic rings. The predicted molar refractivity (Wildman–Crippen MR) is 159 cm³/mol. The maximum absolute atomic E-state index is 13.5. The Bertz CT molecular complexity index is 1430. The SMILES string of the molecule is CCN(CC)CCCN1C(=O)C(=O)/C(=C(/O)c2ccc3c(c2)CC(C)O3)C1c1cccc(OCc2ccccc2)c1. The van der Waals surface area contributed by atoms with Crippen LogP contribution in [-0.2, 0) is 22.6 Å². The van der Waals surface area contributed by atoms with Gasteiger partial charge in [0.15, 0.2) is 0 Å². The highest BCUT2D eigenvalue weighted by Crippen LogP contribution is 2.41. The van der Waals surface area contributed by atoms with Gasteiger partial charge in [-0.1, -0.05) is 56.3 Å². The molecule has 214 valence electrons. The van der Waals surface area contributed by atoms with Crippen LogP contribution in [0.1, 0.15) is 55.5 Å². The molecule has 0 spiro atoms. The van der Waals surface area contributed by atoms with E-state index in [1.165, 1.54) is 0 Å². The van der Waals surface area contributed by atoms with Crippen LogP contribution in [0.15, 0.2) is 78.4 Å². The van der Waals surface area contributed by atoms with Gasteiger partial charge in [-0.3, -0.25) is 9.59 Å². The van der Waals surface area contributed by atoms with Gasteiger partial charge >= 0.3 is 0 Å². The minimum atomic E-state index is -0.726. The van der Waals surface area contributed by atoms with Crippen LogP contribution in [0.2, 0.25) is 0 Å². The third kappa shape index (κ3) is 6.15. The molecule has 2 atom stereocenters. The lowest BCUT2D eigenvalue weighted by molar-refractivity contribution is -0.140. The Kier molecular flexibility index (Phi) is 8.74. The van der Waals surface area contributed by atoms with Gasteiger partial charge in [0.05, 0.1) is 11.6 Å². The lowest BCUT2D eigenvalue weighted by Gasteiger charge is -2.27. The van der Waals surface area contributed by atoms with E-state index in [2.05, 4.69) is 18.7 Å². The molecule has 2 aliphatic heterocycles. The number of ether oxygens (including phenoxy) is 2. The molecule has 0 bridgehead atoms. The lowest BCUT2D eigenvalue weighted by atomic mass is 9.94. The molecular formula is C34H38N2O5. The molecule has 0 saturated carbocycles. The molecule has 1 N–H and O–H groups in total. The van der Waals surface area contributed by atoms with Crippen molar-refractivity contribution in [2.45, 2.75) is 52.4 Å². The number of amides is 1. The van der Waals surface area contributed by atoms with E-state index in [0.717, 1.165) is 48.5 Å². The number of aliphatic hydroxyl groups is 1. The van der Waals surface area contributed by atoms with E-state index in [1.807, 2.05) is 73.7 Å². The van der Waals surface area contributed by atoms with Crippen LogP contribution in [0, 0.1) is 0 Å².